The van der Waals surface area contributed by atoms with Crippen LogP contribution in [0.25, 0.3) is 0 Å². The van der Waals surface area contributed by atoms with Gasteiger partial charge < -0.3 is 8.60 Å². The smallest absolute Gasteiger partial charge is 0.400 e. The molecule has 3 aromatic rings. The van der Waals surface area contributed by atoms with Crippen molar-refractivity contribution in [3.8, 4) is 5.75 Å². The largest absolute Gasteiger partial charge is 0.433 e. The summed E-state index contributed by atoms with van der Waals surface area (Å²) in [5.41, 5.74) is 2.39. The lowest BCUT2D eigenvalue weighted by atomic mass is 10.2. The van der Waals surface area contributed by atoms with Crippen LogP contribution in [0.2, 0.25) is 0 Å². The molecule has 1 N–H and O–H groups in total. The molecular formula is C17H12N4O7S. The standard InChI is InChI=1S/C17H12N4O7S/c22-17(20-19-10-14-7-8-16(27-14)21(23)24)12-3-5-13(6-4-12)28-29(25,26)15-2-1-9-18-11-15/h1-11H,(H,20,22)/b19-10-. The first-order valence-corrected chi connectivity index (χ1v) is 9.28. The number of nitro groups is 1. The van der Waals surface area contributed by atoms with Crippen LogP contribution in [-0.4, -0.2) is 30.4 Å². The molecule has 2 heterocycles. The Kier molecular flexibility index (Phi) is 5.64. The molecule has 1 aromatic carbocycles. The second-order valence-electron chi connectivity index (χ2n) is 5.38. The van der Waals surface area contributed by atoms with E-state index in [-0.39, 0.29) is 22.0 Å². The zero-order valence-corrected chi connectivity index (χ0v) is 15.3. The maximum Gasteiger partial charge on any atom is 0.433 e. The number of carbonyl (C=O) groups excluding carboxylic acids is 1. The fourth-order valence-corrected chi connectivity index (χ4v) is 2.96. The number of hydrogen-bond donors (Lipinski definition) is 1. The molecular weight excluding hydrogens is 404 g/mol. The van der Waals surface area contributed by atoms with Crippen LogP contribution >= 0.6 is 0 Å². The van der Waals surface area contributed by atoms with E-state index >= 15 is 0 Å². The molecule has 148 valence electrons. The van der Waals surface area contributed by atoms with Gasteiger partial charge in [0.2, 0.25) is 0 Å². The molecule has 0 radical (unpaired) electrons. The molecule has 3 rings (SSSR count). The molecule has 0 unspecified atom stereocenters. The van der Waals surface area contributed by atoms with E-state index in [4.69, 9.17) is 8.60 Å². The monoisotopic (exact) mass is 416 g/mol. The summed E-state index contributed by atoms with van der Waals surface area (Å²) in [5.74, 6) is -0.947. The Balaban J connectivity index is 1.61. The molecule has 2 aromatic heterocycles. The van der Waals surface area contributed by atoms with Crippen LogP contribution in [0.3, 0.4) is 0 Å². The number of hydrogen-bond acceptors (Lipinski definition) is 9. The van der Waals surface area contributed by atoms with Gasteiger partial charge in [-0.3, -0.25) is 19.9 Å². The Hall–Kier alpha value is -4.06. The molecule has 11 nitrogen and oxygen atoms in total. The molecule has 0 aliphatic rings. The summed E-state index contributed by atoms with van der Waals surface area (Å²) in [6, 6.07) is 10.6. The van der Waals surface area contributed by atoms with Crippen LogP contribution in [0.4, 0.5) is 5.88 Å². The predicted octanol–water partition coefficient (Wildman–Crippen LogP) is 2.11. The van der Waals surface area contributed by atoms with Crippen molar-refractivity contribution in [1.82, 2.24) is 10.4 Å². The summed E-state index contributed by atoms with van der Waals surface area (Å²) in [4.78, 5) is 25.5. The zero-order valence-electron chi connectivity index (χ0n) is 14.5. The minimum Gasteiger partial charge on any atom is -0.400 e. The number of carbonyl (C=O) groups is 1. The van der Waals surface area contributed by atoms with Gasteiger partial charge >= 0.3 is 16.0 Å². The fraction of sp³-hybridized carbons (Fsp3) is 0. The Morgan fingerprint density at radius 2 is 1.97 bits per heavy atom. The van der Waals surface area contributed by atoms with E-state index < -0.39 is 26.8 Å². The first-order chi connectivity index (χ1) is 13.8. The van der Waals surface area contributed by atoms with Crippen molar-refractivity contribution in [2.24, 2.45) is 5.10 Å². The molecule has 0 fully saturated rings. The number of nitrogens with one attached hydrogen (secondary N) is 1. The highest BCUT2D eigenvalue weighted by Gasteiger charge is 2.17. The third-order valence-electron chi connectivity index (χ3n) is 3.40. The Bertz CT molecular complexity index is 1160. The Labute approximate surface area is 163 Å². The molecule has 0 bridgehead atoms. The van der Waals surface area contributed by atoms with Gasteiger partial charge in [0.1, 0.15) is 15.6 Å². The number of rotatable bonds is 7. The summed E-state index contributed by atoms with van der Waals surface area (Å²) < 4.78 is 34.1. The molecule has 12 heteroatoms. The Morgan fingerprint density at radius 1 is 1.21 bits per heavy atom. The van der Waals surface area contributed by atoms with Crippen LogP contribution < -0.4 is 9.61 Å². The molecule has 0 atom stereocenters. The second-order valence-corrected chi connectivity index (χ2v) is 6.93. The molecule has 0 aliphatic heterocycles. The molecule has 29 heavy (non-hydrogen) atoms. The third kappa shape index (κ3) is 5.01. The van der Waals surface area contributed by atoms with Crippen molar-refractivity contribution in [3.63, 3.8) is 0 Å². The average Bonchev–Trinajstić information content (AvgIpc) is 3.18. The predicted molar refractivity (Wildman–Crippen MR) is 98.9 cm³/mol. The lowest BCUT2D eigenvalue weighted by Crippen LogP contribution is -2.17. The van der Waals surface area contributed by atoms with Crippen LogP contribution in [-0.2, 0) is 10.1 Å². The summed E-state index contributed by atoms with van der Waals surface area (Å²) >= 11 is 0. The van der Waals surface area contributed by atoms with Gasteiger partial charge in [-0.25, -0.2) is 5.43 Å². The number of pyridine rings is 1. The van der Waals surface area contributed by atoms with Crippen LogP contribution in [0.1, 0.15) is 16.1 Å². The quantitative estimate of drug-likeness (QED) is 0.266. The van der Waals surface area contributed by atoms with Gasteiger partial charge in [-0.2, -0.15) is 13.5 Å². The van der Waals surface area contributed by atoms with Crippen molar-refractivity contribution in [1.29, 1.82) is 0 Å². The normalized spacial score (nSPS) is 11.3. The summed E-state index contributed by atoms with van der Waals surface area (Å²) in [5, 5.41) is 14.2. The second kappa shape index (κ2) is 8.31. The molecule has 0 spiro atoms. The molecule has 0 aliphatic carbocycles. The van der Waals surface area contributed by atoms with Crippen molar-refractivity contribution in [2.45, 2.75) is 4.90 Å². The highest BCUT2D eigenvalue weighted by atomic mass is 32.2. The minimum absolute atomic E-state index is 0.0109. The zero-order chi connectivity index (χ0) is 20.9. The van der Waals surface area contributed by atoms with E-state index in [1.807, 2.05) is 0 Å². The lowest BCUT2D eigenvalue weighted by molar-refractivity contribution is -0.402. The summed E-state index contributed by atoms with van der Waals surface area (Å²) in [7, 11) is -4.04. The van der Waals surface area contributed by atoms with E-state index in [1.165, 1.54) is 48.7 Å². The number of benzene rings is 1. The number of aromatic nitrogens is 1. The SMILES string of the molecule is O=C(N/N=C\c1ccc([N+](=O)[O-])o1)c1ccc(OS(=O)(=O)c2cccnc2)cc1. The highest BCUT2D eigenvalue weighted by molar-refractivity contribution is 7.87. The maximum absolute atomic E-state index is 12.1. The molecule has 0 saturated carbocycles. The number of amides is 1. The maximum atomic E-state index is 12.1. The van der Waals surface area contributed by atoms with Crippen LogP contribution in [0.5, 0.6) is 5.75 Å². The van der Waals surface area contributed by atoms with Gasteiger partial charge in [-0.15, -0.1) is 0 Å². The number of furan rings is 1. The van der Waals surface area contributed by atoms with Gasteiger partial charge in [-0.05, 0) is 42.5 Å². The van der Waals surface area contributed by atoms with Gasteiger partial charge in [0, 0.05) is 18.0 Å². The number of hydrazone groups is 1. The van der Waals surface area contributed by atoms with E-state index in [0.717, 1.165) is 18.5 Å². The highest BCUT2D eigenvalue weighted by Crippen LogP contribution is 2.18. The van der Waals surface area contributed by atoms with E-state index in [1.54, 1.807) is 0 Å². The first kappa shape index (κ1) is 19.7. The van der Waals surface area contributed by atoms with Crippen molar-refractivity contribution in [2.75, 3.05) is 0 Å². The van der Waals surface area contributed by atoms with Crippen molar-refractivity contribution >= 4 is 28.1 Å². The Morgan fingerprint density at radius 3 is 2.59 bits per heavy atom. The summed E-state index contributed by atoms with van der Waals surface area (Å²) in [6.45, 7) is 0. The van der Waals surface area contributed by atoms with Crippen molar-refractivity contribution < 1.29 is 26.7 Å². The van der Waals surface area contributed by atoms with Crippen LogP contribution in [0, 0.1) is 10.1 Å². The van der Waals surface area contributed by atoms with Gasteiger partial charge in [0.05, 0.1) is 12.3 Å². The van der Waals surface area contributed by atoms with Gasteiger partial charge in [0.15, 0.2) is 5.76 Å². The minimum atomic E-state index is -4.04. The third-order valence-corrected chi connectivity index (χ3v) is 4.63. The first-order valence-electron chi connectivity index (χ1n) is 7.87. The summed E-state index contributed by atoms with van der Waals surface area (Å²) in [6.07, 6.45) is 3.69. The lowest BCUT2D eigenvalue weighted by Gasteiger charge is -2.07. The van der Waals surface area contributed by atoms with Gasteiger partial charge in [0.25, 0.3) is 5.91 Å². The fourth-order valence-electron chi connectivity index (χ4n) is 2.06. The molecule has 0 saturated heterocycles. The van der Waals surface area contributed by atoms with Gasteiger partial charge in [-0.1, -0.05) is 0 Å². The topological polar surface area (TPSA) is 154 Å². The number of nitrogens with zero attached hydrogens (tertiary/aromatic N) is 3. The average molecular weight is 416 g/mol. The van der Waals surface area contributed by atoms with E-state index in [9.17, 15) is 23.3 Å². The van der Waals surface area contributed by atoms with E-state index in [0.29, 0.717) is 0 Å². The van der Waals surface area contributed by atoms with Crippen molar-refractivity contribution in [3.05, 3.63) is 82.4 Å². The van der Waals surface area contributed by atoms with Crippen LogP contribution in [0.15, 0.2) is 75.3 Å². The molecule has 1 amide bonds. The van der Waals surface area contributed by atoms with E-state index in [2.05, 4.69) is 15.5 Å².